The number of rotatable bonds is 5. The van der Waals surface area contributed by atoms with Gasteiger partial charge in [-0.25, -0.2) is 0 Å². The summed E-state index contributed by atoms with van der Waals surface area (Å²) in [5.74, 6) is 1.10. The Balaban J connectivity index is 1.91. The van der Waals surface area contributed by atoms with Crippen molar-refractivity contribution in [1.29, 1.82) is 0 Å². The number of aryl methyl sites for hydroxylation is 1. The van der Waals surface area contributed by atoms with E-state index in [0.29, 0.717) is 0 Å². The third-order valence-corrected chi connectivity index (χ3v) is 4.08. The second kappa shape index (κ2) is 6.62. The van der Waals surface area contributed by atoms with E-state index in [2.05, 4.69) is 50.8 Å². The van der Waals surface area contributed by atoms with Crippen LogP contribution in [-0.2, 0) is 5.41 Å². The van der Waals surface area contributed by atoms with E-state index in [1.807, 2.05) is 0 Å². The number of hydrogen-bond acceptors (Lipinski definition) is 2. The average Bonchev–Trinajstić information content (AvgIpc) is 2.88. The summed E-state index contributed by atoms with van der Waals surface area (Å²) in [5, 5.41) is 0. The van der Waals surface area contributed by atoms with Crippen LogP contribution in [0.3, 0.4) is 0 Å². The van der Waals surface area contributed by atoms with E-state index in [-0.39, 0.29) is 5.41 Å². The summed E-state index contributed by atoms with van der Waals surface area (Å²) in [4.78, 5) is 2.55. The summed E-state index contributed by atoms with van der Waals surface area (Å²) in [6, 6.07) is 6.47. The second-order valence-electron chi connectivity index (χ2n) is 6.95. The molecule has 2 nitrogen and oxygen atoms in total. The lowest BCUT2D eigenvalue weighted by molar-refractivity contribution is 0.258. The van der Waals surface area contributed by atoms with Gasteiger partial charge in [-0.3, -0.25) is 0 Å². The molecule has 0 unspecified atom stereocenters. The highest BCUT2D eigenvalue weighted by Gasteiger charge is 2.20. The molecule has 20 heavy (non-hydrogen) atoms. The number of nitrogens with zero attached hydrogens (tertiary/aromatic N) is 1. The fourth-order valence-corrected chi connectivity index (χ4v) is 2.90. The predicted molar refractivity (Wildman–Crippen MR) is 85.7 cm³/mol. The van der Waals surface area contributed by atoms with Crippen molar-refractivity contribution >= 4 is 0 Å². The Morgan fingerprint density at radius 1 is 1.15 bits per heavy atom. The Kier molecular flexibility index (Phi) is 5.09. The first-order chi connectivity index (χ1) is 9.48. The molecule has 0 aliphatic carbocycles. The molecule has 1 heterocycles. The first-order valence-corrected chi connectivity index (χ1v) is 7.94. The Hall–Kier alpha value is -1.02. The van der Waals surface area contributed by atoms with E-state index in [4.69, 9.17) is 4.74 Å². The van der Waals surface area contributed by atoms with E-state index in [9.17, 15) is 0 Å². The van der Waals surface area contributed by atoms with Crippen LogP contribution in [0, 0.1) is 6.92 Å². The molecule has 0 spiro atoms. The molecule has 2 rings (SSSR count). The van der Waals surface area contributed by atoms with Gasteiger partial charge < -0.3 is 9.64 Å². The van der Waals surface area contributed by atoms with Crippen LogP contribution >= 0.6 is 0 Å². The lowest BCUT2D eigenvalue weighted by Gasteiger charge is -2.24. The van der Waals surface area contributed by atoms with Gasteiger partial charge in [-0.05, 0) is 55.8 Å². The Labute approximate surface area is 124 Å². The Morgan fingerprint density at radius 3 is 2.50 bits per heavy atom. The fraction of sp³-hybridized carbons (Fsp3) is 0.667. The minimum atomic E-state index is 0.135. The third-order valence-electron chi connectivity index (χ3n) is 4.08. The van der Waals surface area contributed by atoms with E-state index in [1.54, 1.807) is 0 Å². The first kappa shape index (κ1) is 15.4. The standard InChI is InChI=1S/C18H29NO/c1-15-9-7-10-16(18(2,3)4)17(15)20-14-8-13-19-11-5-6-12-19/h7,9-10H,5-6,8,11-14H2,1-4H3. The number of ether oxygens (including phenoxy) is 1. The van der Waals surface area contributed by atoms with Crippen LogP contribution in [0.5, 0.6) is 5.75 Å². The number of hydrogen-bond donors (Lipinski definition) is 0. The van der Waals surface area contributed by atoms with Gasteiger partial charge in [-0.15, -0.1) is 0 Å². The topological polar surface area (TPSA) is 12.5 Å². The maximum absolute atomic E-state index is 6.13. The van der Waals surface area contributed by atoms with Crippen LogP contribution in [0.1, 0.15) is 51.2 Å². The summed E-state index contributed by atoms with van der Waals surface area (Å²) in [5.41, 5.74) is 2.70. The van der Waals surface area contributed by atoms with E-state index >= 15 is 0 Å². The van der Waals surface area contributed by atoms with Crippen LogP contribution in [0.15, 0.2) is 18.2 Å². The minimum absolute atomic E-state index is 0.135. The molecule has 2 heteroatoms. The van der Waals surface area contributed by atoms with E-state index < -0.39 is 0 Å². The zero-order valence-corrected chi connectivity index (χ0v) is 13.5. The van der Waals surface area contributed by atoms with Gasteiger partial charge in [-0.2, -0.15) is 0 Å². The first-order valence-electron chi connectivity index (χ1n) is 7.94. The maximum atomic E-state index is 6.13. The zero-order chi connectivity index (χ0) is 14.6. The fourth-order valence-electron chi connectivity index (χ4n) is 2.90. The molecule has 0 aromatic heterocycles. The predicted octanol–water partition coefficient (Wildman–Crippen LogP) is 4.16. The molecular formula is C18H29NO. The van der Waals surface area contributed by atoms with Crippen molar-refractivity contribution in [3.8, 4) is 5.75 Å². The van der Waals surface area contributed by atoms with Crippen LogP contribution in [0.25, 0.3) is 0 Å². The molecule has 1 saturated heterocycles. The van der Waals surface area contributed by atoms with Crippen molar-refractivity contribution in [3.05, 3.63) is 29.3 Å². The molecule has 1 aromatic carbocycles. The zero-order valence-electron chi connectivity index (χ0n) is 13.5. The van der Waals surface area contributed by atoms with Crippen LogP contribution in [-0.4, -0.2) is 31.1 Å². The highest BCUT2D eigenvalue weighted by atomic mass is 16.5. The molecule has 0 atom stereocenters. The van der Waals surface area contributed by atoms with Gasteiger partial charge in [0.15, 0.2) is 0 Å². The summed E-state index contributed by atoms with van der Waals surface area (Å²) >= 11 is 0. The highest BCUT2D eigenvalue weighted by Crippen LogP contribution is 2.33. The molecule has 1 fully saturated rings. The van der Waals surface area contributed by atoms with Gasteiger partial charge in [0.2, 0.25) is 0 Å². The van der Waals surface area contributed by atoms with Crippen LogP contribution in [0.2, 0.25) is 0 Å². The highest BCUT2D eigenvalue weighted by molar-refractivity contribution is 5.44. The van der Waals surface area contributed by atoms with Gasteiger partial charge in [0, 0.05) is 6.54 Å². The van der Waals surface area contributed by atoms with Crippen molar-refractivity contribution in [3.63, 3.8) is 0 Å². The second-order valence-corrected chi connectivity index (χ2v) is 6.95. The lowest BCUT2D eigenvalue weighted by atomic mass is 9.85. The van der Waals surface area contributed by atoms with Crippen molar-refractivity contribution in [1.82, 2.24) is 4.90 Å². The van der Waals surface area contributed by atoms with Crippen molar-refractivity contribution in [2.24, 2.45) is 0 Å². The minimum Gasteiger partial charge on any atom is -0.493 e. The quantitative estimate of drug-likeness (QED) is 0.748. The molecule has 112 valence electrons. The largest absolute Gasteiger partial charge is 0.493 e. The Morgan fingerprint density at radius 2 is 1.85 bits per heavy atom. The van der Waals surface area contributed by atoms with Gasteiger partial charge in [-0.1, -0.05) is 39.0 Å². The van der Waals surface area contributed by atoms with Gasteiger partial charge in [0.25, 0.3) is 0 Å². The smallest absolute Gasteiger partial charge is 0.125 e. The average molecular weight is 275 g/mol. The van der Waals surface area contributed by atoms with Gasteiger partial charge in [0.1, 0.15) is 5.75 Å². The summed E-state index contributed by atoms with van der Waals surface area (Å²) in [7, 11) is 0. The summed E-state index contributed by atoms with van der Waals surface area (Å²) in [6.07, 6.45) is 3.86. The molecular weight excluding hydrogens is 246 g/mol. The molecule has 1 aliphatic rings. The van der Waals surface area contributed by atoms with E-state index in [0.717, 1.165) is 18.8 Å². The SMILES string of the molecule is Cc1cccc(C(C)(C)C)c1OCCCN1CCCC1. The number of likely N-dealkylation sites (tertiary alicyclic amines) is 1. The van der Waals surface area contributed by atoms with Gasteiger partial charge in [0.05, 0.1) is 6.61 Å². The molecule has 0 radical (unpaired) electrons. The molecule has 0 amide bonds. The van der Waals surface area contributed by atoms with Crippen molar-refractivity contribution in [2.75, 3.05) is 26.2 Å². The normalized spacial score (nSPS) is 16.6. The molecule has 0 N–H and O–H groups in total. The van der Waals surface area contributed by atoms with Gasteiger partial charge >= 0.3 is 0 Å². The molecule has 1 aliphatic heterocycles. The summed E-state index contributed by atoms with van der Waals surface area (Å²) < 4.78 is 6.13. The third kappa shape index (κ3) is 3.99. The maximum Gasteiger partial charge on any atom is 0.125 e. The lowest BCUT2D eigenvalue weighted by Crippen LogP contribution is -2.22. The molecule has 0 saturated carbocycles. The summed E-state index contributed by atoms with van der Waals surface area (Å²) in [6.45, 7) is 13.4. The number of para-hydroxylation sites is 1. The Bertz CT molecular complexity index is 428. The van der Waals surface area contributed by atoms with Crippen molar-refractivity contribution in [2.45, 2.75) is 52.4 Å². The van der Waals surface area contributed by atoms with Crippen LogP contribution < -0.4 is 4.74 Å². The monoisotopic (exact) mass is 275 g/mol. The van der Waals surface area contributed by atoms with Crippen LogP contribution in [0.4, 0.5) is 0 Å². The molecule has 0 bridgehead atoms. The molecule has 1 aromatic rings. The van der Waals surface area contributed by atoms with E-state index in [1.165, 1.54) is 43.6 Å². The van der Waals surface area contributed by atoms with Crippen molar-refractivity contribution < 1.29 is 4.74 Å². The number of benzene rings is 1.